The van der Waals surface area contributed by atoms with Gasteiger partial charge in [-0.05, 0) is 50.8 Å². The van der Waals surface area contributed by atoms with Gasteiger partial charge < -0.3 is 0 Å². The molecule has 1 fully saturated rings. The zero-order valence-corrected chi connectivity index (χ0v) is 12.2. The zero-order valence-electron chi connectivity index (χ0n) is 11.4. The SMILES string of the molecule is CCSCCCN1CCCCCC1CC(C)=O. The standard InChI is InChI=1S/C14H27NOS/c1-3-17-11-7-10-15-9-6-4-5-8-14(15)12-13(2)16/h14H,3-12H2,1-2H3. The Kier molecular flexibility index (Phi) is 7.95. The first-order valence-electron chi connectivity index (χ1n) is 7.05. The number of hydrogen-bond donors (Lipinski definition) is 0. The summed E-state index contributed by atoms with van der Waals surface area (Å²) in [6, 6.07) is 0.529. The maximum absolute atomic E-state index is 11.3. The van der Waals surface area contributed by atoms with Crippen LogP contribution in [-0.4, -0.2) is 41.3 Å². The monoisotopic (exact) mass is 257 g/mol. The average Bonchev–Trinajstić information content (AvgIpc) is 2.50. The zero-order chi connectivity index (χ0) is 12.5. The van der Waals surface area contributed by atoms with Crippen molar-refractivity contribution in [2.45, 2.75) is 58.4 Å². The Labute approximate surface area is 111 Å². The van der Waals surface area contributed by atoms with Gasteiger partial charge in [-0.2, -0.15) is 11.8 Å². The molecule has 2 nitrogen and oxygen atoms in total. The van der Waals surface area contributed by atoms with Crippen molar-refractivity contribution in [2.75, 3.05) is 24.6 Å². The largest absolute Gasteiger partial charge is 0.300 e. The highest BCUT2D eigenvalue weighted by molar-refractivity contribution is 7.99. The fourth-order valence-corrected chi connectivity index (χ4v) is 3.23. The Hall–Kier alpha value is -0.0200. The van der Waals surface area contributed by atoms with E-state index in [1.54, 1.807) is 6.92 Å². The van der Waals surface area contributed by atoms with Gasteiger partial charge in [0.05, 0.1) is 0 Å². The number of rotatable bonds is 7. The van der Waals surface area contributed by atoms with Crippen molar-refractivity contribution in [1.29, 1.82) is 0 Å². The quantitative estimate of drug-likeness (QED) is 0.652. The van der Waals surface area contributed by atoms with Crippen molar-refractivity contribution in [3.8, 4) is 0 Å². The summed E-state index contributed by atoms with van der Waals surface area (Å²) in [5.74, 6) is 2.83. The third kappa shape index (κ3) is 6.46. The number of carbonyl (C=O) groups excluding carboxylic acids is 1. The minimum atomic E-state index is 0.352. The summed E-state index contributed by atoms with van der Waals surface area (Å²) in [4.78, 5) is 13.9. The molecular weight excluding hydrogens is 230 g/mol. The lowest BCUT2D eigenvalue weighted by Gasteiger charge is -2.29. The summed E-state index contributed by atoms with van der Waals surface area (Å²) in [6.07, 6.45) is 7.22. The summed E-state index contributed by atoms with van der Waals surface area (Å²) < 4.78 is 0. The van der Waals surface area contributed by atoms with Crippen LogP contribution in [0.15, 0.2) is 0 Å². The molecule has 0 radical (unpaired) electrons. The molecule has 1 heterocycles. The van der Waals surface area contributed by atoms with E-state index in [1.807, 2.05) is 11.8 Å². The van der Waals surface area contributed by atoms with Gasteiger partial charge in [0.2, 0.25) is 0 Å². The highest BCUT2D eigenvalue weighted by atomic mass is 32.2. The van der Waals surface area contributed by atoms with Gasteiger partial charge >= 0.3 is 0 Å². The van der Waals surface area contributed by atoms with Crippen molar-refractivity contribution in [3.63, 3.8) is 0 Å². The Balaban J connectivity index is 2.35. The van der Waals surface area contributed by atoms with Crippen LogP contribution in [0.4, 0.5) is 0 Å². The molecule has 0 aromatic rings. The summed E-state index contributed by atoms with van der Waals surface area (Å²) in [7, 11) is 0. The maximum atomic E-state index is 11.3. The molecule has 3 heteroatoms. The van der Waals surface area contributed by atoms with Crippen molar-refractivity contribution >= 4 is 17.5 Å². The molecule has 0 saturated carbocycles. The van der Waals surface area contributed by atoms with Gasteiger partial charge in [-0.25, -0.2) is 0 Å². The number of hydrogen-bond acceptors (Lipinski definition) is 3. The number of nitrogens with zero attached hydrogens (tertiary/aromatic N) is 1. The molecule has 1 atom stereocenters. The van der Waals surface area contributed by atoms with Crippen LogP contribution in [0.25, 0.3) is 0 Å². The molecule has 100 valence electrons. The lowest BCUT2D eigenvalue weighted by atomic mass is 10.0. The van der Waals surface area contributed by atoms with E-state index in [4.69, 9.17) is 0 Å². The van der Waals surface area contributed by atoms with E-state index in [9.17, 15) is 4.79 Å². The highest BCUT2D eigenvalue weighted by Gasteiger charge is 2.21. The summed E-state index contributed by atoms with van der Waals surface area (Å²) in [6.45, 7) is 6.34. The highest BCUT2D eigenvalue weighted by Crippen LogP contribution is 2.20. The number of thioether (sulfide) groups is 1. The van der Waals surface area contributed by atoms with E-state index in [-0.39, 0.29) is 0 Å². The van der Waals surface area contributed by atoms with Crippen LogP contribution in [0, 0.1) is 0 Å². The van der Waals surface area contributed by atoms with E-state index in [0.29, 0.717) is 11.8 Å². The van der Waals surface area contributed by atoms with Crippen LogP contribution in [0.1, 0.15) is 52.4 Å². The van der Waals surface area contributed by atoms with Crippen molar-refractivity contribution in [3.05, 3.63) is 0 Å². The minimum Gasteiger partial charge on any atom is -0.300 e. The van der Waals surface area contributed by atoms with Gasteiger partial charge in [-0.1, -0.05) is 19.8 Å². The molecular formula is C14H27NOS. The number of ketones is 1. The second-order valence-electron chi connectivity index (χ2n) is 5.00. The predicted molar refractivity (Wildman–Crippen MR) is 76.7 cm³/mol. The lowest BCUT2D eigenvalue weighted by Crippen LogP contribution is -2.37. The summed E-state index contributed by atoms with van der Waals surface area (Å²) >= 11 is 2.02. The molecule has 0 aromatic heterocycles. The fourth-order valence-electron chi connectivity index (χ4n) is 2.61. The maximum Gasteiger partial charge on any atom is 0.131 e. The number of likely N-dealkylation sites (tertiary alicyclic amines) is 1. The summed E-state index contributed by atoms with van der Waals surface area (Å²) in [5.41, 5.74) is 0. The Morgan fingerprint density at radius 3 is 2.88 bits per heavy atom. The molecule has 0 aliphatic carbocycles. The minimum absolute atomic E-state index is 0.352. The fraction of sp³-hybridized carbons (Fsp3) is 0.929. The molecule has 1 aliphatic heterocycles. The predicted octanol–water partition coefficient (Wildman–Crippen LogP) is 3.35. The second kappa shape index (κ2) is 8.98. The average molecular weight is 257 g/mol. The first-order valence-corrected chi connectivity index (χ1v) is 8.20. The first kappa shape index (κ1) is 15.0. The van der Waals surface area contributed by atoms with Crippen molar-refractivity contribution in [1.82, 2.24) is 4.90 Å². The molecule has 0 aromatic carbocycles. The third-order valence-electron chi connectivity index (χ3n) is 3.46. The van der Waals surface area contributed by atoms with Crippen LogP contribution in [-0.2, 0) is 4.79 Å². The number of Topliss-reactive ketones (excluding diaryl/α,β-unsaturated/α-hetero) is 1. The van der Waals surface area contributed by atoms with Crippen LogP contribution in [0.2, 0.25) is 0 Å². The van der Waals surface area contributed by atoms with Gasteiger partial charge in [-0.15, -0.1) is 0 Å². The smallest absolute Gasteiger partial charge is 0.131 e. The molecule has 0 bridgehead atoms. The van der Waals surface area contributed by atoms with E-state index < -0.39 is 0 Å². The Morgan fingerprint density at radius 2 is 2.18 bits per heavy atom. The summed E-state index contributed by atoms with van der Waals surface area (Å²) in [5, 5.41) is 0. The molecule has 17 heavy (non-hydrogen) atoms. The van der Waals surface area contributed by atoms with Crippen LogP contribution >= 0.6 is 11.8 Å². The van der Waals surface area contributed by atoms with Crippen LogP contribution < -0.4 is 0 Å². The van der Waals surface area contributed by atoms with Gasteiger partial charge in [0.25, 0.3) is 0 Å². The van der Waals surface area contributed by atoms with Gasteiger partial charge in [0.1, 0.15) is 5.78 Å². The van der Waals surface area contributed by atoms with Crippen LogP contribution in [0.5, 0.6) is 0 Å². The number of carbonyl (C=O) groups is 1. The molecule has 0 spiro atoms. The first-order chi connectivity index (χ1) is 8.24. The molecule has 1 aliphatic rings. The van der Waals surface area contributed by atoms with Gasteiger partial charge in [0, 0.05) is 12.5 Å². The van der Waals surface area contributed by atoms with E-state index >= 15 is 0 Å². The van der Waals surface area contributed by atoms with Crippen LogP contribution in [0.3, 0.4) is 0 Å². The van der Waals surface area contributed by atoms with Crippen molar-refractivity contribution < 1.29 is 4.79 Å². The second-order valence-corrected chi connectivity index (χ2v) is 6.39. The van der Waals surface area contributed by atoms with Gasteiger partial charge in [0.15, 0.2) is 0 Å². The molecule has 0 N–H and O–H groups in total. The third-order valence-corrected chi connectivity index (χ3v) is 4.45. The van der Waals surface area contributed by atoms with Gasteiger partial charge in [-0.3, -0.25) is 9.69 Å². The molecule has 1 unspecified atom stereocenters. The Morgan fingerprint density at radius 1 is 1.35 bits per heavy atom. The Bertz CT molecular complexity index is 220. The van der Waals surface area contributed by atoms with Crippen molar-refractivity contribution in [2.24, 2.45) is 0 Å². The molecule has 0 amide bonds. The topological polar surface area (TPSA) is 20.3 Å². The lowest BCUT2D eigenvalue weighted by molar-refractivity contribution is -0.118. The van der Waals surface area contributed by atoms with E-state index in [0.717, 1.165) is 6.42 Å². The van der Waals surface area contributed by atoms with E-state index in [2.05, 4.69) is 11.8 Å². The normalized spacial score (nSPS) is 22.4. The molecule has 1 saturated heterocycles. The van der Waals surface area contributed by atoms with E-state index in [1.165, 1.54) is 56.7 Å². The molecule has 1 rings (SSSR count).